The second kappa shape index (κ2) is 9.63. The SMILES string of the molecule is CCOC(=O)[C@@]1(Cc2cccc(OC)c2)CCCN(C(=O)c2csc(SC)n2)C1. The number of aromatic nitrogens is 1. The van der Waals surface area contributed by atoms with Gasteiger partial charge in [0.05, 0.1) is 19.1 Å². The summed E-state index contributed by atoms with van der Waals surface area (Å²) in [4.78, 5) is 32.2. The number of hydrogen-bond donors (Lipinski definition) is 0. The molecule has 0 bridgehead atoms. The summed E-state index contributed by atoms with van der Waals surface area (Å²) in [5.74, 6) is 0.376. The number of thiazole rings is 1. The van der Waals surface area contributed by atoms with E-state index in [1.807, 2.05) is 37.4 Å². The Morgan fingerprint density at radius 1 is 1.38 bits per heavy atom. The molecule has 6 nitrogen and oxygen atoms in total. The third kappa shape index (κ3) is 4.93. The monoisotopic (exact) mass is 434 g/mol. The first-order chi connectivity index (χ1) is 14.0. The lowest BCUT2D eigenvalue weighted by molar-refractivity contribution is -0.158. The lowest BCUT2D eigenvalue weighted by Crippen LogP contribution is -2.51. The molecular weight excluding hydrogens is 408 g/mol. The van der Waals surface area contributed by atoms with Gasteiger partial charge in [0.25, 0.3) is 5.91 Å². The molecule has 1 fully saturated rings. The third-order valence-electron chi connectivity index (χ3n) is 5.13. The molecule has 8 heteroatoms. The highest BCUT2D eigenvalue weighted by Gasteiger charge is 2.45. The lowest BCUT2D eigenvalue weighted by atomic mass is 9.75. The van der Waals surface area contributed by atoms with Crippen LogP contribution < -0.4 is 4.74 Å². The molecule has 1 aromatic heterocycles. The van der Waals surface area contributed by atoms with Crippen LogP contribution in [0.2, 0.25) is 0 Å². The van der Waals surface area contributed by atoms with Crippen molar-refractivity contribution in [3.8, 4) is 5.75 Å². The fourth-order valence-electron chi connectivity index (χ4n) is 3.76. The van der Waals surface area contributed by atoms with E-state index in [9.17, 15) is 9.59 Å². The molecule has 156 valence electrons. The van der Waals surface area contributed by atoms with Crippen LogP contribution in [0, 0.1) is 5.41 Å². The maximum absolute atomic E-state index is 13.0. The number of nitrogens with zero attached hydrogens (tertiary/aromatic N) is 2. The van der Waals surface area contributed by atoms with E-state index in [4.69, 9.17) is 9.47 Å². The maximum Gasteiger partial charge on any atom is 0.314 e. The van der Waals surface area contributed by atoms with Gasteiger partial charge in [-0.05, 0) is 50.1 Å². The molecule has 1 aliphatic rings. The van der Waals surface area contributed by atoms with Gasteiger partial charge in [-0.15, -0.1) is 11.3 Å². The Hall–Kier alpha value is -2.06. The maximum atomic E-state index is 13.0. The van der Waals surface area contributed by atoms with Crippen LogP contribution in [-0.4, -0.2) is 54.8 Å². The van der Waals surface area contributed by atoms with Gasteiger partial charge < -0.3 is 14.4 Å². The Bertz CT molecular complexity index is 870. The Morgan fingerprint density at radius 3 is 2.90 bits per heavy atom. The van der Waals surface area contributed by atoms with Gasteiger partial charge in [-0.1, -0.05) is 23.9 Å². The number of hydrogen-bond acceptors (Lipinski definition) is 7. The Balaban J connectivity index is 1.86. The van der Waals surface area contributed by atoms with E-state index in [-0.39, 0.29) is 11.9 Å². The van der Waals surface area contributed by atoms with Gasteiger partial charge in [0, 0.05) is 18.5 Å². The normalized spacial score (nSPS) is 19.1. The minimum atomic E-state index is -0.769. The number of rotatable bonds is 7. The molecule has 1 aromatic carbocycles. The van der Waals surface area contributed by atoms with Crippen LogP contribution in [0.15, 0.2) is 34.0 Å². The minimum Gasteiger partial charge on any atom is -0.497 e. The van der Waals surface area contributed by atoms with Crippen molar-refractivity contribution in [1.29, 1.82) is 0 Å². The second-order valence-corrected chi connectivity index (χ2v) is 8.97. The number of carbonyl (C=O) groups is 2. The molecule has 3 rings (SSSR count). The number of methoxy groups -OCH3 is 1. The molecule has 0 N–H and O–H groups in total. The molecule has 2 heterocycles. The molecule has 0 radical (unpaired) electrons. The van der Waals surface area contributed by atoms with E-state index in [2.05, 4.69) is 4.98 Å². The first-order valence-electron chi connectivity index (χ1n) is 9.60. The zero-order valence-corrected chi connectivity index (χ0v) is 18.6. The van der Waals surface area contributed by atoms with Crippen LogP contribution in [-0.2, 0) is 16.0 Å². The molecule has 0 unspecified atom stereocenters. The van der Waals surface area contributed by atoms with Crippen molar-refractivity contribution in [3.05, 3.63) is 40.9 Å². The number of esters is 1. The third-order valence-corrected chi connectivity index (χ3v) is 6.99. The van der Waals surface area contributed by atoms with Gasteiger partial charge in [0.15, 0.2) is 0 Å². The molecule has 0 saturated carbocycles. The van der Waals surface area contributed by atoms with Crippen LogP contribution in [0.1, 0.15) is 35.8 Å². The van der Waals surface area contributed by atoms with Gasteiger partial charge in [0.2, 0.25) is 0 Å². The molecular formula is C21H26N2O4S2. The topological polar surface area (TPSA) is 68.7 Å². The summed E-state index contributed by atoms with van der Waals surface area (Å²) >= 11 is 2.98. The Labute approximate surface area is 179 Å². The number of likely N-dealkylation sites (tertiary alicyclic amines) is 1. The van der Waals surface area contributed by atoms with Gasteiger partial charge >= 0.3 is 5.97 Å². The van der Waals surface area contributed by atoms with Crippen LogP contribution in [0.4, 0.5) is 0 Å². The van der Waals surface area contributed by atoms with E-state index in [0.29, 0.717) is 38.2 Å². The van der Waals surface area contributed by atoms with Crippen LogP contribution in [0.3, 0.4) is 0 Å². The quantitative estimate of drug-likeness (QED) is 0.486. The average Bonchev–Trinajstić information content (AvgIpc) is 3.23. The molecule has 0 spiro atoms. The van der Waals surface area contributed by atoms with Crippen molar-refractivity contribution in [1.82, 2.24) is 9.88 Å². The number of ether oxygens (including phenoxy) is 2. The number of thioether (sulfide) groups is 1. The highest BCUT2D eigenvalue weighted by atomic mass is 32.2. The highest BCUT2D eigenvalue weighted by Crippen LogP contribution is 2.36. The zero-order chi connectivity index (χ0) is 20.9. The predicted octanol–water partition coefficient (Wildman–Crippen LogP) is 3.90. The summed E-state index contributed by atoms with van der Waals surface area (Å²) in [5.41, 5.74) is 0.666. The average molecular weight is 435 g/mol. The molecule has 1 amide bonds. The molecule has 1 aliphatic heterocycles. The second-order valence-electron chi connectivity index (χ2n) is 7.06. The summed E-state index contributed by atoms with van der Waals surface area (Å²) in [7, 11) is 1.62. The zero-order valence-electron chi connectivity index (χ0n) is 17.0. The summed E-state index contributed by atoms with van der Waals surface area (Å²) in [5, 5.41) is 1.79. The summed E-state index contributed by atoms with van der Waals surface area (Å²) in [6, 6.07) is 7.71. The Kier molecular flexibility index (Phi) is 7.18. The fourth-order valence-corrected chi connectivity index (χ4v) is 4.99. The van der Waals surface area contributed by atoms with Crippen molar-refractivity contribution in [2.45, 2.75) is 30.5 Å². The smallest absolute Gasteiger partial charge is 0.314 e. The Morgan fingerprint density at radius 2 is 2.21 bits per heavy atom. The molecule has 1 saturated heterocycles. The van der Waals surface area contributed by atoms with Crippen LogP contribution in [0.5, 0.6) is 5.75 Å². The summed E-state index contributed by atoms with van der Waals surface area (Å²) in [6.45, 7) is 3.07. The van der Waals surface area contributed by atoms with E-state index in [1.54, 1.807) is 17.4 Å². The van der Waals surface area contributed by atoms with Crippen molar-refractivity contribution in [2.24, 2.45) is 5.41 Å². The lowest BCUT2D eigenvalue weighted by Gasteiger charge is -2.41. The molecule has 1 atom stereocenters. The van der Waals surface area contributed by atoms with Crippen molar-refractivity contribution in [2.75, 3.05) is 33.1 Å². The fraction of sp³-hybridized carbons (Fsp3) is 0.476. The van der Waals surface area contributed by atoms with Gasteiger partial charge in [-0.2, -0.15) is 0 Å². The van der Waals surface area contributed by atoms with E-state index in [1.165, 1.54) is 23.1 Å². The largest absolute Gasteiger partial charge is 0.497 e. The van der Waals surface area contributed by atoms with Crippen molar-refractivity contribution in [3.63, 3.8) is 0 Å². The van der Waals surface area contributed by atoms with E-state index >= 15 is 0 Å². The standard InChI is InChI=1S/C21H26N2O4S2/c1-4-27-19(25)21(12-15-7-5-8-16(11-15)26-2)9-6-10-23(14-21)18(24)17-13-29-20(22-17)28-3/h5,7-8,11,13H,4,6,9-10,12,14H2,1-3H3/t21-/m1/s1. The number of carbonyl (C=O) groups excluding carboxylic acids is 2. The summed E-state index contributed by atoms with van der Waals surface area (Å²) in [6.07, 6.45) is 3.86. The molecule has 2 aromatic rings. The van der Waals surface area contributed by atoms with Crippen LogP contribution >= 0.6 is 23.1 Å². The van der Waals surface area contributed by atoms with Crippen molar-refractivity contribution >= 4 is 35.0 Å². The number of piperidine rings is 1. The van der Waals surface area contributed by atoms with Gasteiger partial charge in [0.1, 0.15) is 15.8 Å². The van der Waals surface area contributed by atoms with Crippen LogP contribution in [0.25, 0.3) is 0 Å². The van der Waals surface area contributed by atoms with E-state index in [0.717, 1.165) is 22.1 Å². The highest BCUT2D eigenvalue weighted by molar-refractivity contribution is 8.00. The minimum absolute atomic E-state index is 0.124. The number of benzene rings is 1. The molecule has 0 aliphatic carbocycles. The van der Waals surface area contributed by atoms with Gasteiger partial charge in [-0.3, -0.25) is 9.59 Å². The van der Waals surface area contributed by atoms with Crippen molar-refractivity contribution < 1.29 is 19.1 Å². The number of amides is 1. The van der Waals surface area contributed by atoms with E-state index < -0.39 is 5.41 Å². The summed E-state index contributed by atoms with van der Waals surface area (Å²) < 4.78 is 11.6. The first-order valence-corrected chi connectivity index (χ1v) is 11.7. The predicted molar refractivity (Wildman–Crippen MR) is 115 cm³/mol. The molecule has 29 heavy (non-hydrogen) atoms. The first kappa shape index (κ1) is 21.6. The van der Waals surface area contributed by atoms with Gasteiger partial charge in [-0.25, -0.2) is 4.98 Å².